The number of carboxylic acids is 1. The Morgan fingerprint density at radius 1 is 1.52 bits per heavy atom. The molecule has 1 saturated heterocycles. The number of hydrogen-bond donors (Lipinski definition) is 2. The van der Waals surface area contributed by atoms with Gasteiger partial charge < -0.3 is 20.5 Å². The van der Waals surface area contributed by atoms with E-state index in [9.17, 15) is 14.7 Å². The number of carbonyl (C=O) groups is 2. The summed E-state index contributed by atoms with van der Waals surface area (Å²) in [6, 6.07) is -0.347. The molecule has 0 spiro atoms. The maximum Gasteiger partial charge on any atom is 0.311 e. The van der Waals surface area contributed by atoms with Crippen molar-refractivity contribution >= 4 is 17.7 Å². The summed E-state index contributed by atoms with van der Waals surface area (Å²) in [5, 5.41) is 13.5. The average Bonchev–Trinajstić information content (AvgIpc) is 2.96. The van der Waals surface area contributed by atoms with Crippen LogP contribution in [0.1, 0.15) is 23.0 Å². The lowest BCUT2D eigenvalue weighted by atomic mass is 10.0. The number of ether oxygens (including phenoxy) is 1. The lowest BCUT2D eigenvalue weighted by Crippen LogP contribution is -2.44. The highest BCUT2D eigenvalue weighted by molar-refractivity contribution is 5.99. The fraction of sp³-hybridized carbons (Fsp3) is 0.615. The van der Waals surface area contributed by atoms with Gasteiger partial charge in [0.2, 0.25) is 0 Å². The van der Waals surface area contributed by atoms with Crippen molar-refractivity contribution < 1.29 is 19.4 Å². The molecule has 1 fully saturated rings. The second-order valence-corrected chi connectivity index (χ2v) is 5.11. The van der Waals surface area contributed by atoms with E-state index in [2.05, 4.69) is 5.10 Å². The first-order valence-corrected chi connectivity index (χ1v) is 6.79. The van der Waals surface area contributed by atoms with Gasteiger partial charge in [0.05, 0.1) is 24.9 Å². The van der Waals surface area contributed by atoms with E-state index in [0.717, 1.165) is 0 Å². The summed E-state index contributed by atoms with van der Waals surface area (Å²) in [5.74, 6) is -1.57. The van der Waals surface area contributed by atoms with Crippen LogP contribution in [0.4, 0.5) is 5.82 Å². The Balaban J connectivity index is 2.47. The van der Waals surface area contributed by atoms with Gasteiger partial charge >= 0.3 is 5.97 Å². The summed E-state index contributed by atoms with van der Waals surface area (Å²) >= 11 is 0. The van der Waals surface area contributed by atoms with Crippen molar-refractivity contribution in [1.82, 2.24) is 9.78 Å². The number of aryl methyl sites for hydroxylation is 2. The third-order valence-corrected chi connectivity index (χ3v) is 3.82. The molecule has 2 rings (SSSR count). The minimum absolute atomic E-state index is 0.166. The Bertz CT molecular complexity index is 569. The topological polar surface area (TPSA) is 111 Å². The van der Waals surface area contributed by atoms with Gasteiger partial charge in [0.15, 0.2) is 0 Å². The predicted octanol–water partition coefficient (Wildman–Crippen LogP) is -0.247. The van der Waals surface area contributed by atoms with Crippen LogP contribution < -0.4 is 10.6 Å². The van der Waals surface area contributed by atoms with Gasteiger partial charge in [-0.15, -0.1) is 0 Å². The molecule has 116 valence electrons. The number of amides is 1. The predicted molar refractivity (Wildman–Crippen MR) is 75.2 cm³/mol. The molecule has 8 nitrogen and oxygen atoms in total. The summed E-state index contributed by atoms with van der Waals surface area (Å²) in [6.07, 6.45) is 0. The summed E-state index contributed by atoms with van der Waals surface area (Å²) in [7, 11) is 1.71. The number of aromatic nitrogens is 2. The van der Waals surface area contributed by atoms with E-state index >= 15 is 0 Å². The second-order valence-electron chi connectivity index (χ2n) is 5.11. The highest BCUT2D eigenvalue weighted by Gasteiger charge is 2.40. The van der Waals surface area contributed by atoms with E-state index in [1.807, 2.05) is 11.8 Å². The van der Waals surface area contributed by atoms with Crippen LogP contribution in [0.5, 0.6) is 0 Å². The number of carbonyl (C=O) groups excluding carboxylic acids is 1. The number of nitrogens with two attached hydrogens (primary N) is 1. The molecule has 0 saturated carbocycles. The molecule has 0 aliphatic carbocycles. The van der Waals surface area contributed by atoms with Crippen molar-refractivity contribution in [1.29, 1.82) is 0 Å². The van der Waals surface area contributed by atoms with Crippen molar-refractivity contribution in [3.63, 3.8) is 0 Å². The van der Waals surface area contributed by atoms with E-state index in [1.54, 1.807) is 18.7 Å². The summed E-state index contributed by atoms with van der Waals surface area (Å²) in [6.45, 7) is 4.59. The summed E-state index contributed by atoms with van der Waals surface area (Å²) < 4.78 is 6.88. The Morgan fingerprint density at radius 2 is 2.19 bits per heavy atom. The zero-order valence-electron chi connectivity index (χ0n) is 12.4. The molecule has 1 aromatic rings. The molecule has 0 bridgehead atoms. The largest absolute Gasteiger partial charge is 0.481 e. The van der Waals surface area contributed by atoms with Crippen molar-refractivity contribution in [2.75, 3.05) is 24.7 Å². The van der Waals surface area contributed by atoms with Gasteiger partial charge in [0.1, 0.15) is 17.3 Å². The van der Waals surface area contributed by atoms with Crippen LogP contribution in [-0.2, 0) is 16.6 Å². The number of primary amides is 1. The Labute approximate surface area is 122 Å². The number of hydrogen-bond acceptors (Lipinski definition) is 5. The number of anilines is 1. The molecule has 1 aliphatic heterocycles. The van der Waals surface area contributed by atoms with Crippen LogP contribution in [0.15, 0.2) is 0 Å². The van der Waals surface area contributed by atoms with Gasteiger partial charge in [0.25, 0.3) is 5.91 Å². The molecule has 2 atom stereocenters. The van der Waals surface area contributed by atoms with Gasteiger partial charge in [-0.2, -0.15) is 5.10 Å². The maximum absolute atomic E-state index is 11.7. The Morgan fingerprint density at radius 3 is 2.71 bits per heavy atom. The second kappa shape index (κ2) is 5.72. The van der Waals surface area contributed by atoms with E-state index in [1.165, 1.54) is 0 Å². The summed E-state index contributed by atoms with van der Waals surface area (Å²) in [5.41, 5.74) is 6.31. The molecule has 0 aromatic carbocycles. The third-order valence-electron chi connectivity index (χ3n) is 3.82. The number of carboxylic acid groups (broad SMARTS) is 1. The van der Waals surface area contributed by atoms with Gasteiger partial charge in [-0.05, 0) is 13.8 Å². The van der Waals surface area contributed by atoms with Crippen LogP contribution in [0.25, 0.3) is 0 Å². The van der Waals surface area contributed by atoms with Crippen molar-refractivity contribution in [3.05, 3.63) is 11.3 Å². The first-order valence-electron chi connectivity index (χ1n) is 6.79. The Kier molecular flexibility index (Phi) is 4.17. The van der Waals surface area contributed by atoms with Gasteiger partial charge in [-0.25, -0.2) is 0 Å². The summed E-state index contributed by atoms with van der Waals surface area (Å²) in [4.78, 5) is 24.9. The highest BCUT2D eigenvalue weighted by Crippen LogP contribution is 2.29. The third kappa shape index (κ3) is 2.58. The Hall–Kier alpha value is -2.09. The van der Waals surface area contributed by atoms with Crippen molar-refractivity contribution in [2.24, 2.45) is 18.7 Å². The molecule has 1 aliphatic rings. The molecule has 21 heavy (non-hydrogen) atoms. The van der Waals surface area contributed by atoms with Crippen molar-refractivity contribution in [2.45, 2.75) is 19.9 Å². The fourth-order valence-corrected chi connectivity index (χ4v) is 2.89. The van der Waals surface area contributed by atoms with Crippen LogP contribution in [-0.4, -0.2) is 52.6 Å². The lowest BCUT2D eigenvalue weighted by molar-refractivity contribution is -0.142. The first-order chi connectivity index (χ1) is 9.88. The van der Waals surface area contributed by atoms with E-state index in [4.69, 9.17) is 10.5 Å². The minimum Gasteiger partial charge on any atom is -0.481 e. The van der Waals surface area contributed by atoms with E-state index in [-0.39, 0.29) is 12.6 Å². The van der Waals surface area contributed by atoms with Crippen LogP contribution in [0, 0.1) is 12.8 Å². The molecule has 2 heterocycles. The van der Waals surface area contributed by atoms with Gasteiger partial charge in [-0.3, -0.25) is 14.3 Å². The number of likely N-dealkylation sites (N-methyl/N-ethyl adjacent to an activating group) is 1. The highest BCUT2D eigenvalue weighted by atomic mass is 16.5. The molecule has 1 aromatic heterocycles. The van der Waals surface area contributed by atoms with Gasteiger partial charge in [-0.1, -0.05) is 0 Å². The number of nitrogens with zero attached hydrogens (tertiary/aromatic N) is 3. The monoisotopic (exact) mass is 296 g/mol. The zero-order valence-corrected chi connectivity index (χ0v) is 12.4. The molecule has 8 heteroatoms. The molecular weight excluding hydrogens is 276 g/mol. The maximum atomic E-state index is 11.7. The standard InChI is InChI=1S/C13H20N4O4/c1-4-17(9-6-21-5-8(9)13(19)20)12-10(11(14)18)7(2)15-16(12)3/h8-9H,4-6H2,1-3H3,(H2,14,18)(H,19,20). The number of rotatable bonds is 5. The number of aliphatic carboxylic acids is 1. The minimum atomic E-state index is -0.907. The van der Waals surface area contributed by atoms with Crippen LogP contribution in [0.2, 0.25) is 0 Å². The molecule has 2 unspecified atom stereocenters. The van der Waals surface area contributed by atoms with E-state index < -0.39 is 17.8 Å². The lowest BCUT2D eigenvalue weighted by Gasteiger charge is -2.31. The fourth-order valence-electron chi connectivity index (χ4n) is 2.89. The zero-order chi connectivity index (χ0) is 15.7. The molecule has 0 radical (unpaired) electrons. The quantitative estimate of drug-likeness (QED) is 0.775. The normalized spacial score (nSPS) is 21.5. The molecule has 1 amide bonds. The van der Waals surface area contributed by atoms with Gasteiger partial charge in [0, 0.05) is 13.6 Å². The molecule has 3 N–H and O–H groups in total. The average molecular weight is 296 g/mol. The van der Waals surface area contributed by atoms with Crippen LogP contribution in [0.3, 0.4) is 0 Å². The van der Waals surface area contributed by atoms with E-state index in [0.29, 0.717) is 30.2 Å². The SMILES string of the molecule is CCN(c1c(C(N)=O)c(C)nn1C)C1COCC1C(=O)O. The molecular formula is C13H20N4O4. The van der Waals surface area contributed by atoms with Crippen molar-refractivity contribution in [3.8, 4) is 0 Å². The first kappa shape index (κ1) is 15.3. The van der Waals surface area contributed by atoms with Crippen LogP contribution >= 0.6 is 0 Å². The smallest absolute Gasteiger partial charge is 0.311 e.